The van der Waals surface area contributed by atoms with Gasteiger partial charge in [-0.25, -0.2) is 0 Å². The van der Waals surface area contributed by atoms with Crippen LogP contribution in [0.2, 0.25) is 0 Å². The highest BCUT2D eigenvalue weighted by molar-refractivity contribution is 5.35. The van der Waals surface area contributed by atoms with Crippen LogP contribution in [-0.2, 0) is 37.9 Å². The van der Waals surface area contributed by atoms with Crippen molar-refractivity contribution in [2.24, 2.45) is 0 Å². The Bertz CT molecular complexity index is 808. The molecule has 0 atom stereocenters. The zero-order valence-corrected chi connectivity index (χ0v) is 24.0. The standard InChI is InChI=1S/C30H46O11/c31-10-11-32-12-13-33-14-15-34-16-17-35-18-19-36-20-21-37-22-23-38-24-25-39-26-27-40-28-6-8-30(9-7-28)41-29-4-2-1-3-5-29/h1-9,31H,10-27H2. The van der Waals surface area contributed by atoms with Gasteiger partial charge in [-0.3, -0.25) is 0 Å². The molecule has 2 aromatic carbocycles. The van der Waals surface area contributed by atoms with Crippen molar-refractivity contribution < 1.29 is 52.5 Å². The number of ether oxygens (including phenoxy) is 10. The molecule has 0 radical (unpaired) electrons. The molecule has 0 aliphatic rings. The summed E-state index contributed by atoms with van der Waals surface area (Å²) in [5.74, 6) is 2.32. The van der Waals surface area contributed by atoms with Crippen LogP contribution in [0.25, 0.3) is 0 Å². The first-order chi connectivity index (χ1) is 20.4. The minimum Gasteiger partial charge on any atom is -0.491 e. The molecule has 2 rings (SSSR count). The Morgan fingerprint density at radius 2 is 0.659 bits per heavy atom. The number of aliphatic hydroxyl groups excluding tert-OH is 1. The molecule has 11 heteroatoms. The fraction of sp³-hybridized carbons (Fsp3) is 0.600. The van der Waals surface area contributed by atoms with Crippen molar-refractivity contribution in [3.8, 4) is 17.2 Å². The molecule has 232 valence electrons. The van der Waals surface area contributed by atoms with Gasteiger partial charge in [-0.15, -0.1) is 0 Å². The van der Waals surface area contributed by atoms with Gasteiger partial charge in [0.15, 0.2) is 0 Å². The van der Waals surface area contributed by atoms with Gasteiger partial charge in [0.1, 0.15) is 23.9 Å². The Balaban J connectivity index is 1.23. The molecule has 2 aromatic rings. The molecule has 0 fully saturated rings. The molecular weight excluding hydrogens is 536 g/mol. The van der Waals surface area contributed by atoms with Crippen LogP contribution in [-0.4, -0.2) is 124 Å². The minimum atomic E-state index is 0.0260. The molecule has 11 nitrogen and oxygen atoms in total. The molecule has 0 aliphatic carbocycles. The van der Waals surface area contributed by atoms with Crippen LogP contribution in [0.15, 0.2) is 54.6 Å². The van der Waals surface area contributed by atoms with Crippen LogP contribution in [0, 0.1) is 0 Å². The van der Waals surface area contributed by atoms with E-state index in [1.54, 1.807) is 0 Å². The normalized spacial score (nSPS) is 11.1. The molecule has 41 heavy (non-hydrogen) atoms. The summed E-state index contributed by atoms with van der Waals surface area (Å²) in [6, 6.07) is 17.1. The highest BCUT2D eigenvalue weighted by atomic mass is 16.6. The van der Waals surface area contributed by atoms with Crippen molar-refractivity contribution in [2.75, 3.05) is 119 Å². The third kappa shape index (κ3) is 21.1. The van der Waals surface area contributed by atoms with Gasteiger partial charge in [-0.2, -0.15) is 0 Å². The molecule has 0 amide bonds. The maximum Gasteiger partial charge on any atom is 0.127 e. The van der Waals surface area contributed by atoms with E-state index in [-0.39, 0.29) is 6.61 Å². The van der Waals surface area contributed by atoms with Gasteiger partial charge in [0, 0.05) is 0 Å². The maximum absolute atomic E-state index is 8.57. The molecule has 0 saturated heterocycles. The molecule has 0 aromatic heterocycles. The van der Waals surface area contributed by atoms with Crippen LogP contribution in [0.4, 0.5) is 0 Å². The van der Waals surface area contributed by atoms with Crippen LogP contribution in [0.3, 0.4) is 0 Å². The lowest BCUT2D eigenvalue weighted by atomic mass is 10.3. The van der Waals surface area contributed by atoms with Crippen molar-refractivity contribution in [3.05, 3.63) is 54.6 Å². The Kier molecular flexibility index (Phi) is 22.6. The van der Waals surface area contributed by atoms with E-state index in [0.29, 0.717) is 112 Å². The quantitative estimate of drug-likeness (QED) is 0.143. The Labute approximate surface area is 243 Å². The first-order valence-corrected chi connectivity index (χ1v) is 14.1. The van der Waals surface area contributed by atoms with E-state index in [1.807, 2.05) is 54.6 Å². The molecule has 0 unspecified atom stereocenters. The lowest BCUT2D eigenvalue weighted by Gasteiger charge is -2.09. The van der Waals surface area contributed by atoms with Crippen LogP contribution in [0.1, 0.15) is 0 Å². The highest BCUT2D eigenvalue weighted by Gasteiger charge is 1.99. The average molecular weight is 583 g/mol. The van der Waals surface area contributed by atoms with Gasteiger partial charge in [-0.1, -0.05) is 18.2 Å². The number of benzene rings is 2. The zero-order chi connectivity index (χ0) is 28.9. The predicted octanol–water partition coefficient (Wildman–Crippen LogP) is 2.98. The van der Waals surface area contributed by atoms with E-state index in [9.17, 15) is 0 Å². The monoisotopic (exact) mass is 582 g/mol. The van der Waals surface area contributed by atoms with Gasteiger partial charge in [0.05, 0.1) is 112 Å². The fourth-order valence-electron chi connectivity index (χ4n) is 3.15. The smallest absolute Gasteiger partial charge is 0.127 e. The van der Waals surface area contributed by atoms with Gasteiger partial charge >= 0.3 is 0 Å². The lowest BCUT2D eigenvalue weighted by Crippen LogP contribution is -2.15. The zero-order valence-electron chi connectivity index (χ0n) is 24.0. The van der Waals surface area contributed by atoms with Crippen LogP contribution in [0.5, 0.6) is 17.2 Å². The SMILES string of the molecule is OCCOCCOCCOCCOCCOCCOCCOCCOCCOc1ccc(Oc2ccccc2)cc1. The number of hydrogen-bond acceptors (Lipinski definition) is 11. The second-order valence-electron chi connectivity index (χ2n) is 8.36. The molecule has 0 saturated carbocycles. The molecular formula is C30H46O11. The van der Waals surface area contributed by atoms with E-state index in [4.69, 9.17) is 52.5 Å². The molecule has 0 aliphatic heterocycles. The molecule has 0 spiro atoms. The van der Waals surface area contributed by atoms with E-state index in [2.05, 4.69) is 0 Å². The lowest BCUT2D eigenvalue weighted by molar-refractivity contribution is -0.0242. The van der Waals surface area contributed by atoms with Gasteiger partial charge < -0.3 is 52.5 Å². The Hall–Kier alpha value is -2.32. The molecule has 0 bridgehead atoms. The largest absolute Gasteiger partial charge is 0.491 e. The van der Waals surface area contributed by atoms with E-state index >= 15 is 0 Å². The molecule has 0 heterocycles. The van der Waals surface area contributed by atoms with Crippen LogP contribution >= 0.6 is 0 Å². The maximum atomic E-state index is 8.57. The highest BCUT2D eigenvalue weighted by Crippen LogP contribution is 2.23. The van der Waals surface area contributed by atoms with Gasteiger partial charge in [0.2, 0.25) is 0 Å². The topological polar surface area (TPSA) is 113 Å². The molecule has 1 N–H and O–H groups in total. The summed E-state index contributed by atoms with van der Waals surface area (Å²) in [5.41, 5.74) is 0. The van der Waals surface area contributed by atoms with Crippen molar-refractivity contribution >= 4 is 0 Å². The predicted molar refractivity (Wildman–Crippen MR) is 152 cm³/mol. The van der Waals surface area contributed by atoms with E-state index in [1.165, 1.54) is 0 Å². The summed E-state index contributed by atoms with van der Waals surface area (Å²) in [4.78, 5) is 0. The third-order valence-electron chi connectivity index (χ3n) is 5.14. The number of para-hydroxylation sites is 1. The number of aliphatic hydroxyl groups is 1. The second kappa shape index (κ2) is 26.6. The minimum absolute atomic E-state index is 0.0260. The number of rotatable bonds is 29. The summed E-state index contributed by atoms with van der Waals surface area (Å²) in [5, 5.41) is 8.57. The van der Waals surface area contributed by atoms with E-state index in [0.717, 1.165) is 17.2 Å². The Morgan fingerprint density at radius 3 is 1.05 bits per heavy atom. The summed E-state index contributed by atoms with van der Waals surface area (Å²) < 4.78 is 54.7. The van der Waals surface area contributed by atoms with Crippen molar-refractivity contribution in [1.82, 2.24) is 0 Å². The van der Waals surface area contributed by atoms with Crippen LogP contribution < -0.4 is 9.47 Å². The summed E-state index contributed by atoms with van der Waals surface area (Å²) in [6.45, 7) is 8.31. The van der Waals surface area contributed by atoms with Gasteiger partial charge in [-0.05, 0) is 36.4 Å². The van der Waals surface area contributed by atoms with Gasteiger partial charge in [0.25, 0.3) is 0 Å². The summed E-state index contributed by atoms with van der Waals surface area (Å²) in [6.07, 6.45) is 0. The third-order valence-corrected chi connectivity index (χ3v) is 5.14. The second-order valence-corrected chi connectivity index (χ2v) is 8.36. The first kappa shape index (κ1) is 34.9. The first-order valence-electron chi connectivity index (χ1n) is 14.1. The van der Waals surface area contributed by atoms with Crippen molar-refractivity contribution in [3.63, 3.8) is 0 Å². The summed E-state index contributed by atoms with van der Waals surface area (Å²) >= 11 is 0. The van der Waals surface area contributed by atoms with Crippen molar-refractivity contribution in [1.29, 1.82) is 0 Å². The van der Waals surface area contributed by atoms with Crippen molar-refractivity contribution in [2.45, 2.75) is 0 Å². The average Bonchev–Trinajstić information content (AvgIpc) is 3.00. The number of hydrogen-bond donors (Lipinski definition) is 1. The fourth-order valence-corrected chi connectivity index (χ4v) is 3.15. The summed E-state index contributed by atoms with van der Waals surface area (Å²) in [7, 11) is 0. The van der Waals surface area contributed by atoms with E-state index < -0.39 is 0 Å². The Morgan fingerprint density at radius 1 is 0.341 bits per heavy atom.